The van der Waals surface area contributed by atoms with Gasteiger partial charge < -0.3 is 39.4 Å². The lowest BCUT2D eigenvalue weighted by Crippen LogP contribution is -2.39. The summed E-state index contributed by atoms with van der Waals surface area (Å²) in [7, 11) is 0. The molecule has 2 atom stereocenters. The number of hydrogen-bond donors (Lipinski definition) is 5. The number of nitrogens with zero attached hydrogens (tertiary/aromatic N) is 4. The van der Waals surface area contributed by atoms with Crippen LogP contribution in [-0.2, 0) is 49.0 Å². The molecule has 0 aliphatic carbocycles. The van der Waals surface area contributed by atoms with Crippen LogP contribution in [0.15, 0.2) is 97.6 Å². The van der Waals surface area contributed by atoms with Gasteiger partial charge in [-0.25, -0.2) is 0 Å². The van der Waals surface area contributed by atoms with Gasteiger partial charge in [0, 0.05) is 60.2 Å². The van der Waals surface area contributed by atoms with Crippen LogP contribution in [0.25, 0.3) is 11.1 Å². The molecule has 6 aromatic rings. The van der Waals surface area contributed by atoms with Crippen LogP contribution in [0.3, 0.4) is 0 Å². The molecule has 15 nitrogen and oxygen atoms in total. The number of rotatable bonds is 23. The normalized spacial score (nSPS) is 11.8. The Morgan fingerprint density at radius 3 is 1.57 bits per heavy atom. The number of aliphatic hydroxyl groups is 2. The van der Waals surface area contributed by atoms with E-state index in [1.165, 1.54) is 12.4 Å². The highest BCUT2D eigenvalue weighted by Crippen LogP contribution is 2.38. The van der Waals surface area contributed by atoms with E-state index < -0.39 is 37.1 Å². The number of benzene rings is 4. The van der Waals surface area contributed by atoms with Gasteiger partial charge in [-0.05, 0) is 89.9 Å². The smallest absolute Gasteiger partial charge is 0.323 e. The van der Waals surface area contributed by atoms with E-state index in [0.29, 0.717) is 56.4 Å². The molecule has 0 spiro atoms. The van der Waals surface area contributed by atoms with E-state index in [1.54, 1.807) is 48.8 Å². The number of aryl methyl sites for hydroxylation is 1. The number of hydrogen-bond acceptors (Lipinski definition) is 13. The molecule has 350 valence electrons. The zero-order valence-electron chi connectivity index (χ0n) is 37.0. The average Bonchev–Trinajstić information content (AvgIpc) is 3.33. The molecule has 6 rings (SSSR count). The first-order valence-electron chi connectivity index (χ1n) is 21.2. The number of carboxylic acids is 2. The zero-order valence-corrected chi connectivity index (χ0v) is 38.6. The van der Waals surface area contributed by atoms with Crippen molar-refractivity contribution < 1.29 is 49.0 Å². The first-order valence-corrected chi connectivity index (χ1v) is 22.0. The fourth-order valence-electron chi connectivity index (χ4n) is 7.21. The van der Waals surface area contributed by atoms with Gasteiger partial charge in [0.15, 0.2) is 0 Å². The summed E-state index contributed by atoms with van der Waals surface area (Å²) >= 11 is 13.5. The largest absolute Gasteiger partial charge is 0.488 e. The van der Waals surface area contributed by atoms with Gasteiger partial charge in [0.05, 0.1) is 40.3 Å². The van der Waals surface area contributed by atoms with Crippen molar-refractivity contribution in [1.29, 1.82) is 10.5 Å². The first kappa shape index (κ1) is 50.2. The predicted octanol–water partition coefficient (Wildman–Crippen LogP) is 8.29. The highest BCUT2D eigenvalue weighted by molar-refractivity contribution is 6.32. The third-order valence-electron chi connectivity index (χ3n) is 11.2. The Balaban J connectivity index is 1.20. The zero-order chi connectivity index (χ0) is 48.7. The van der Waals surface area contributed by atoms with E-state index >= 15 is 0 Å². The Labute approximate surface area is 402 Å². The molecule has 0 radical (unpaired) electrons. The monoisotopic (exact) mass is 959 g/mol. The van der Waals surface area contributed by atoms with Crippen molar-refractivity contribution in [3.8, 4) is 46.3 Å². The van der Waals surface area contributed by atoms with Crippen molar-refractivity contribution in [2.24, 2.45) is 5.92 Å². The van der Waals surface area contributed by atoms with Crippen LogP contribution in [0, 0.1) is 42.4 Å². The highest BCUT2D eigenvalue weighted by atomic mass is 35.5. The van der Waals surface area contributed by atoms with Crippen LogP contribution in [0.2, 0.25) is 10.0 Å². The van der Waals surface area contributed by atoms with Gasteiger partial charge in [-0.1, -0.05) is 59.6 Å². The molecule has 0 amide bonds. The van der Waals surface area contributed by atoms with Crippen molar-refractivity contribution in [2.75, 3.05) is 13.2 Å². The van der Waals surface area contributed by atoms with Crippen LogP contribution < -0.4 is 24.3 Å². The fourth-order valence-corrected chi connectivity index (χ4v) is 7.69. The summed E-state index contributed by atoms with van der Waals surface area (Å²) in [5, 5.41) is 60.2. The summed E-state index contributed by atoms with van der Waals surface area (Å²) in [6, 6.07) is 24.6. The summed E-state index contributed by atoms with van der Waals surface area (Å²) in [6.45, 7) is 3.25. The number of aromatic nitrogens is 2. The van der Waals surface area contributed by atoms with Gasteiger partial charge in [0.2, 0.25) is 0 Å². The van der Waals surface area contributed by atoms with E-state index in [2.05, 4.69) is 27.4 Å². The number of aliphatic carboxylic acids is 2. The van der Waals surface area contributed by atoms with Crippen molar-refractivity contribution in [2.45, 2.75) is 65.7 Å². The number of carboxylic acid groups (broad SMARTS) is 2. The van der Waals surface area contributed by atoms with Gasteiger partial charge in [0.25, 0.3) is 0 Å². The molecule has 0 saturated heterocycles. The SMILES string of the molecule is Cc1c(COc2cc(OCc3cncc(C#N)c3)c(CC[C@H](CO)C(=O)O)cc2Cl)cccc1-c1cccc(COc2cc(OCc3cncc(C#N)c3)c(CN[C@@H](CO)C(=O)O)cc2Cl)c1C. The molecule has 4 aromatic carbocycles. The van der Waals surface area contributed by atoms with Gasteiger partial charge in [-0.2, -0.15) is 10.5 Å². The number of aliphatic hydroxyl groups excluding tert-OH is 2. The molecule has 0 unspecified atom stereocenters. The molecule has 2 heterocycles. The lowest BCUT2D eigenvalue weighted by atomic mass is 9.92. The Hall–Kier alpha value is -7.24. The standard InChI is InChI=1S/C51H47Cl2N5O10/c1-30-38(28-67-48-15-46(65-26-34-11-32(17-54)19-56-21-34)36(13-43(48)52)9-10-37(24-59)50(61)62)5-3-7-41(30)42-8-4-6-39(31(42)2)29-68-49-16-47(66-27-35-12-33(18-55)20-57-22-35)40(14-44(49)53)23-58-45(25-60)51(63)64/h3-8,11-16,19-22,37,45,58-60H,9-10,23-29H2,1-2H3,(H,61,62)(H,63,64)/t37-,45+/m1/s1. The van der Waals surface area contributed by atoms with E-state index in [-0.39, 0.29) is 55.9 Å². The van der Waals surface area contributed by atoms with Crippen LogP contribution >= 0.6 is 23.2 Å². The van der Waals surface area contributed by atoms with Crippen LogP contribution in [0.4, 0.5) is 0 Å². The van der Waals surface area contributed by atoms with E-state index in [1.807, 2.05) is 50.2 Å². The molecular weight excluding hydrogens is 913 g/mol. The number of carbonyl (C=O) groups is 2. The second-order valence-corrected chi connectivity index (χ2v) is 16.5. The first-order chi connectivity index (χ1) is 32.8. The van der Waals surface area contributed by atoms with Crippen LogP contribution in [-0.4, -0.2) is 61.6 Å². The van der Waals surface area contributed by atoms with Gasteiger partial charge in [0.1, 0.15) is 67.6 Å². The Morgan fingerprint density at radius 1 is 0.632 bits per heavy atom. The van der Waals surface area contributed by atoms with Crippen molar-refractivity contribution in [3.05, 3.63) is 163 Å². The molecule has 0 saturated carbocycles. The third kappa shape index (κ3) is 13.0. The summed E-state index contributed by atoms with van der Waals surface area (Å²) < 4.78 is 25.0. The maximum absolute atomic E-state index is 11.6. The maximum atomic E-state index is 11.6. The highest BCUT2D eigenvalue weighted by Gasteiger charge is 2.21. The second kappa shape index (κ2) is 24.0. The summed E-state index contributed by atoms with van der Waals surface area (Å²) in [4.78, 5) is 31.4. The molecule has 0 aliphatic heterocycles. The topological polar surface area (TPSA) is 237 Å². The summed E-state index contributed by atoms with van der Waals surface area (Å²) in [6.07, 6.45) is 6.44. The van der Waals surface area contributed by atoms with Gasteiger partial charge in [-0.3, -0.25) is 24.9 Å². The van der Waals surface area contributed by atoms with Crippen LogP contribution in [0.5, 0.6) is 23.0 Å². The second-order valence-electron chi connectivity index (χ2n) is 15.7. The molecule has 5 N–H and O–H groups in total. The number of nitrogens with one attached hydrogen (secondary N) is 1. The van der Waals surface area contributed by atoms with E-state index in [9.17, 15) is 40.5 Å². The number of ether oxygens (including phenoxy) is 4. The Bertz CT molecular complexity index is 2670. The molecule has 0 bridgehead atoms. The third-order valence-corrected chi connectivity index (χ3v) is 11.8. The van der Waals surface area contributed by atoms with Crippen molar-refractivity contribution in [1.82, 2.24) is 15.3 Å². The van der Waals surface area contributed by atoms with Crippen molar-refractivity contribution in [3.63, 3.8) is 0 Å². The molecule has 0 fully saturated rings. The lowest BCUT2D eigenvalue weighted by molar-refractivity contribution is -0.143. The lowest BCUT2D eigenvalue weighted by Gasteiger charge is -2.19. The summed E-state index contributed by atoms with van der Waals surface area (Å²) in [5.74, 6) is -1.91. The Kier molecular flexibility index (Phi) is 17.7. The minimum Gasteiger partial charge on any atom is -0.488 e. The van der Waals surface area contributed by atoms with E-state index in [4.69, 9.17) is 42.1 Å². The maximum Gasteiger partial charge on any atom is 0.323 e. The quantitative estimate of drug-likeness (QED) is 0.0406. The predicted molar refractivity (Wildman–Crippen MR) is 251 cm³/mol. The minimum atomic E-state index is -1.22. The minimum absolute atomic E-state index is 0.00383. The molecule has 0 aliphatic rings. The Morgan fingerprint density at radius 2 is 1.12 bits per heavy atom. The molecular formula is C51H47Cl2N5O10. The number of nitriles is 2. The molecule has 17 heteroatoms. The summed E-state index contributed by atoms with van der Waals surface area (Å²) in [5.41, 5.74) is 8.76. The number of halogens is 2. The van der Waals surface area contributed by atoms with Crippen LogP contribution in [0.1, 0.15) is 62.1 Å². The van der Waals surface area contributed by atoms with Gasteiger partial charge in [-0.15, -0.1) is 0 Å². The van der Waals surface area contributed by atoms with Gasteiger partial charge >= 0.3 is 11.9 Å². The number of pyridine rings is 2. The average molecular weight is 961 g/mol. The molecule has 2 aromatic heterocycles. The molecule has 68 heavy (non-hydrogen) atoms. The van der Waals surface area contributed by atoms with Crippen molar-refractivity contribution >= 4 is 35.1 Å². The van der Waals surface area contributed by atoms with E-state index in [0.717, 1.165) is 33.4 Å². The fraction of sp³-hybridized carbons (Fsp3) is 0.255.